The number of para-hydroxylation sites is 1. The van der Waals surface area contributed by atoms with Gasteiger partial charge in [0.25, 0.3) is 5.91 Å². The van der Waals surface area contributed by atoms with Crippen LogP contribution in [0, 0.1) is 0 Å². The number of anilines is 2. The number of hydrogen-bond acceptors (Lipinski definition) is 6. The Morgan fingerprint density at radius 1 is 1.11 bits per heavy atom. The predicted octanol–water partition coefficient (Wildman–Crippen LogP) is 2.45. The molecule has 27 heavy (non-hydrogen) atoms. The van der Waals surface area contributed by atoms with E-state index in [1.807, 2.05) is 32.0 Å². The van der Waals surface area contributed by atoms with Gasteiger partial charge in [-0.15, -0.1) is 10.2 Å². The molecule has 1 atom stereocenters. The Bertz CT molecular complexity index is 904. The molecule has 144 valence electrons. The molecule has 0 bridgehead atoms. The van der Waals surface area contributed by atoms with E-state index in [0.717, 1.165) is 29.7 Å². The number of carbonyl (C=O) groups is 1. The van der Waals surface area contributed by atoms with Gasteiger partial charge in [-0.2, -0.15) is 0 Å². The van der Waals surface area contributed by atoms with Crippen LogP contribution in [0.2, 0.25) is 0 Å². The van der Waals surface area contributed by atoms with Crippen LogP contribution in [0.3, 0.4) is 0 Å². The number of aryl methyl sites for hydroxylation is 2. The Morgan fingerprint density at radius 3 is 2.33 bits per heavy atom. The number of carbonyl (C=O) groups excluding carboxylic acids is 1. The molecule has 1 amide bonds. The lowest BCUT2D eigenvalue weighted by Gasteiger charge is -2.14. The minimum Gasteiger partial charge on any atom is -0.365 e. The average Bonchev–Trinajstić information content (AvgIpc) is 3.00. The Hall–Kier alpha value is -2.48. The molecular formula is C19H24N4O3S. The van der Waals surface area contributed by atoms with Gasteiger partial charge < -0.3 is 10.6 Å². The van der Waals surface area contributed by atoms with E-state index in [9.17, 15) is 13.2 Å². The van der Waals surface area contributed by atoms with Crippen LogP contribution in [0.1, 0.15) is 41.9 Å². The minimum atomic E-state index is -2.96. The van der Waals surface area contributed by atoms with Gasteiger partial charge in [-0.25, -0.2) is 8.42 Å². The third-order valence-electron chi connectivity index (χ3n) is 4.72. The lowest BCUT2D eigenvalue weighted by molar-refractivity contribution is 0.102. The van der Waals surface area contributed by atoms with Crippen LogP contribution in [0.25, 0.3) is 0 Å². The fraction of sp³-hybridized carbons (Fsp3) is 0.421. The van der Waals surface area contributed by atoms with Gasteiger partial charge in [-0.05, 0) is 42.5 Å². The number of aromatic nitrogens is 2. The first-order valence-corrected chi connectivity index (χ1v) is 11.0. The molecule has 0 saturated carbocycles. The number of hydrogen-bond donors (Lipinski definition) is 2. The van der Waals surface area contributed by atoms with Gasteiger partial charge >= 0.3 is 0 Å². The molecule has 2 N–H and O–H groups in total. The van der Waals surface area contributed by atoms with Crippen LogP contribution in [0.15, 0.2) is 30.3 Å². The second kappa shape index (κ2) is 8.04. The standard InChI is InChI=1S/C19H24N4O3S/c1-3-13-6-5-7-14(4-2)18(13)21-19(24)16-8-9-17(23-22-16)20-15-10-11-27(25,26)12-15/h5-9,15H,3-4,10-12H2,1-2H3,(H,20,23)(H,21,24). The lowest BCUT2D eigenvalue weighted by Crippen LogP contribution is -2.22. The third-order valence-corrected chi connectivity index (χ3v) is 6.49. The second-order valence-electron chi connectivity index (χ2n) is 6.66. The fourth-order valence-corrected chi connectivity index (χ4v) is 4.90. The van der Waals surface area contributed by atoms with Gasteiger partial charge in [0.1, 0.15) is 5.82 Å². The molecule has 1 aromatic carbocycles. The van der Waals surface area contributed by atoms with Crippen molar-refractivity contribution < 1.29 is 13.2 Å². The average molecular weight is 388 g/mol. The molecule has 0 radical (unpaired) electrons. The van der Waals surface area contributed by atoms with E-state index in [1.54, 1.807) is 12.1 Å². The lowest BCUT2D eigenvalue weighted by atomic mass is 10.0. The van der Waals surface area contributed by atoms with Crippen LogP contribution < -0.4 is 10.6 Å². The summed E-state index contributed by atoms with van der Waals surface area (Å²) in [5, 5.41) is 14.0. The maximum atomic E-state index is 12.6. The van der Waals surface area contributed by atoms with E-state index in [4.69, 9.17) is 0 Å². The smallest absolute Gasteiger partial charge is 0.276 e. The number of rotatable bonds is 6. The van der Waals surface area contributed by atoms with Crippen molar-refractivity contribution in [3.05, 3.63) is 47.2 Å². The first-order chi connectivity index (χ1) is 12.9. The van der Waals surface area contributed by atoms with Crippen molar-refractivity contribution in [3.8, 4) is 0 Å². The molecule has 1 aliphatic heterocycles. The molecule has 3 rings (SSSR count). The molecule has 1 unspecified atom stereocenters. The SMILES string of the molecule is CCc1cccc(CC)c1NC(=O)c1ccc(NC2CCS(=O)(=O)C2)nn1. The van der Waals surface area contributed by atoms with Gasteiger partial charge in [-0.1, -0.05) is 32.0 Å². The zero-order valence-electron chi connectivity index (χ0n) is 15.5. The number of benzene rings is 1. The van der Waals surface area contributed by atoms with Crippen LogP contribution >= 0.6 is 0 Å². The first-order valence-electron chi connectivity index (χ1n) is 9.14. The number of nitrogens with zero attached hydrogens (tertiary/aromatic N) is 2. The van der Waals surface area contributed by atoms with Gasteiger partial charge in [0, 0.05) is 11.7 Å². The van der Waals surface area contributed by atoms with Crippen LogP contribution in [0.5, 0.6) is 0 Å². The quantitative estimate of drug-likeness (QED) is 0.788. The summed E-state index contributed by atoms with van der Waals surface area (Å²) in [5.41, 5.74) is 3.22. The molecule has 1 fully saturated rings. The van der Waals surface area contributed by atoms with E-state index in [-0.39, 0.29) is 29.1 Å². The van der Waals surface area contributed by atoms with E-state index in [0.29, 0.717) is 12.2 Å². The Morgan fingerprint density at radius 2 is 1.81 bits per heavy atom. The highest BCUT2D eigenvalue weighted by Gasteiger charge is 2.28. The summed E-state index contributed by atoms with van der Waals surface area (Å²) in [6.45, 7) is 4.10. The van der Waals surface area contributed by atoms with Gasteiger partial charge in [0.2, 0.25) is 0 Å². The van der Waals surface area contributed by atoms with E-state index in [2.05, 4.69) is 20.8 Å². The summed E-state index contributed by atoms with van der Waals surface area (Å²) in [6.07, 6.45) is 2.20. The van der Waals surface area contributed by atoms with E-state index in [1.165, 1.54) is 0 Å². The normalized spacial score (nSPS) is 18.2. The molecule has 8 heteroatoms. The third kappa shape index (κ3) is 4.63. The van der Waals surface area contributed by atoms with Crippen molar-refractivity contribution in [2.24, 2.45) is 0 Å². The summed E-state index contributed by atoms with van der Waals surface area (Å²) in [7, 11) is -2.96. The maximum Gasteiger partial charge on any atom is 0.276 e. The molecule has 0 spiro atoms. The van der Waals surface area contributed by atoms with Crippen molar-refractivity contribution in [1.29, 1.82) is 0 Å². The molecule has 1 saturated heterocycles. The minimum absolute atomic E-state index is 0.102. The molecule has 7 nitrogen and oxygen atoms in total. The largest absolute Gasteiger partial charge is 0.365 e. The highest BCUT2D eigenvalue weighted by atomic mass is 32.2. The molecule has 0 aliphatic carbocycles. The maximum absolute atomic E-state index is 12.6. The summed E-state index contributed by atoms with van der Waals surface area (Å²) < 4.78 is 23.0. The second-order valence-corrected chi connectivity index (χ2v) is 8.89. The van der Waals surface area contributed by atoms with Crippen LogP contribution in [-0.2, 0) is 22.7 Å². The molecule has 1 aromatic heterocycles. The molecular weight excluding hydrogens is 364 g/mol. The number of amides is 1. The Balaban J connectivity index is 1.70. The predicted molar refractivity (Wildman–Crippen MR) is 106 cm³/mol. The van der Waals surface area contributed by atoms with Crippen LogP contribution in [-0.4, -0.2) is 42.1 Å². The highest BCUT2D eigenvalue weighted by Crippen LogP contribution is 2.23. The zero-order valence-corrected chi connectivity index (χ0v) is 16.3. The van der Waals surface area contributed by atoms with Crippen molar-refractivity contribution >= 4 is 27.2 Å². The Labute approximate surface area is 159 Å². The summed E-state index contributed by atoms with van der Waals surface area (Å²) in [4.78, 5) is 12.6. The van der Waals surface area contributed by atoms with Gasteiger partial charge in [0.05, 0.1) is 11.5 Å². The highest BCUT2D eigenvalue weighted by molar-refractivity contribution is 7.91. The van der Waals surface area contributed by atoms with Gasteiger partial charge in [-0.3, -0.25) is 4.79 Å². The summed E-state index contributed by atoms with van der Waals surface area (Å²) in [5.74, 6) is 0.449. The summed E-state index contributed by atoms with van der Waals surface area (Å²) >= 11 is 0. The van der Waals surface area contributed by atoms with E-state index >= 15 is 0 Å². The van der Waals surface area contributed by atoms with E-state index < -0.39 is 9.84 Å². The zero-order chi connectivity index (χ0) is 19.4. The fourth-order valence-electron chi connectivity index (χ4n) is 3.23. The molecule has 2 heterocycles. The van der Waals surface area contributed by atoms with Crippen molar-refractivity contribution in [2.45, 2.75) is 39.2 Å². The van der Waals surface area contributed by atoms with Crippen molar-refractivity contribution in [2.75, 3.05) is 22.1 Å². The Kier molecular flexibility index (Phi) is 5.74. The summed E-state index contributed by atoms with van der Waals surface area (Å²) in [6, 6.07) is 9.09. The molecule has 1 aliphatic rings. The van der Waals surface area contributed by atoms with Crippen molar-refractivity contribution in [3.63, 3.8) is 0 Å². The number of nitrogens with one attached hydrogen (secondary N) is 2. The number of sulfone groups is 1. The van der Waals surface area contributed by atoms with Gasteiger partial charge in [0.15, 0.2) is 15.5 Å². The topological polar surface area (TPSA) is 101 Å². The van der Waals surface area contributed by atoms with Crippen molar-refractivity contribution in [1.82, 2.24) is 10.2 Å². The van der Waals surface area contributed by atoms with Crippen LogP contribution in [0.4, 0.5) is 11.5 Å². The first kappa shape index (κ1) is 19.3. The molecule has 2 aromatic rings. The monoisotopic (exact) mass is 388 g/mol.